The first kappa shape index (κ1) is 25.6. The van der Waals surface area contributed by atoms with Crippen molar-refractivity contribution in [2.24, 2.45) is 5.92 Å². The Bertz CT molecular complexity index is 1080. The maximum atomic E-state index is 14.3. The molecule has 7 heteroatoms. The second-order valence-electron chi connectivity index (χ2n) is 10.5. The molecule has 1 fully saturated rings. The van der Waals surface area contributed by atoms with E-state index < -0.39 is 28.9 Å². The highest BCUT2D eigenvalue weighted by Gasteiger charge is 2.54. The molecular formula is C28H36FNO5. The lowest BCUT2D eigenvalue weighted by Gasteiger charge is -2.50. The van der Waals surface area contributed by atoms with Gasteiger partial charge in [-0.15, -0.1) is 0 Å². The smallest absolute Gasteiger partial charge is 0.173 e. The first-order chi connectivity index (χ1) is 16.6. The fourth-order valence-electron chi connectivity index (χ4n) is 5.33. The average Bonchev–Trinajstić information content (AvgIpc) is 2.84. The summed E-state index contributed by atoms with van der Waals surface area (Å²) in [5, 5.41) is 13.2. The monoisotopic (exact) mass is 485 g/mol. The maximum Gasteiger partial charge on any atom is 0.173 e. The van der Waals surface area contributed by atoms with Crippen LogP contribution in [0.15, 0.2) is 36.4 Å². The van der Waals surface area contributed by atoms with Gasteiger partial charge < -0.3 is 24.6 Å². The number of aliphatic hydroxyl groups excluding tert-OH is 1. The molecule has 190 valence electrons. The number of piperidine rings is 1. The molecule has 0 aromatic heterocycles. The van der Waals surface area contributed by atoms with E-state index in [4.69, 9.17) is 14.2 Å². The second-order valence-corrected chi connectivity index (χ2v) is 10.5. The van der Waals surface area contributed by atoms with Crippen molar-refractivity contribution in [1.82, 2.24) is 5.32 Å². The third kappa shape index (κ3) is 4.82. The summed E-state index contributed by atoms with van der Waals surface area (Å²) in [6.45, 7) is 9.03. The SMILES string of the molecule is COc1cc(C(=O)C2[C@@H](OC(C)C)c3cc(F)ccc3OC23CCNCC3)ccc1C(C)(C)CO. The van der Waals surface area contributed by atoms with Crippen LogP contribution in [-0.2, 0) is 10.2 Å². The summed E-state index contributed by atoms with van der Waals surface area (Å²) in [4.78, 5) is 14.3. The number of ketones is 1. The van der Waals surface area contributed by atoms with Crippen LogP contribution >= 0.6 is 0 Å². The summed E-state index contributed by atoms with van der Waals surface area (Å²) in [7, 11) is 1.56. The van der Waals surface area contributed by atoms with Gasteiger partial charge in [0.1, 0.15) is 29.0 Å². The average molecular weight is 486 g/mol. The molecule has 2 aromatic carbocycles. The highest BCUT2D eigenvalue weighted by Crippen LogP contribution is 2.51. The number of nitrogens with one attached hydrogen (secondary N) is 1. The Morgan fingerprint density at radius 2 is 1.94 bits per heavy atom. The van der Waals surface area contributed by atoms with Crippen LogP contribution in [0.1, 0.15) is 68.1 Å². The van der Waals surface area contributed by atoms with E-state index in [0.29, 0.717) is 48.6 Å². The summed E-state index contributed by atoms with van der Waals surface area (Å²) >= 11 is 0. The minimum atomic E-state index is -0.775. The number of aliphatic hydroxyl groups is 1. The van der Waals surface area contributed by atoms with Gasteiger partial charge in [0.2, 0.25) is 0 Å². The van der Waals surface area contributed by atoms with E-state index in [1.165, 1.54) is 12.1 Å². The Morgan fingerprint density at radius 3 is 2.57 bits per heavy atom. The second kappa shape index (κ2) is 9.88. The molecule has 2 aliphatic heterocycles. The molecule has 35 heavy (non-hydrogen) atoms. The Morgan fingerprint density at radius 1 is 1.23 bits per heavy atom. The van der Waals surface area contributed by atoms with Crippen molar-refractivity contribution in [3.05, 3.63) is 58.9 Å². The molecule has 0 bridgehead atoms. The number of fused-ring (bicyclic) bond motifs is 1. The zero-order chi connectivity index (χ0) is 25.4. The molecule has 0 radical (unpaired) electrons. The number of carbonyl (C=O) groups is 1. The van der Waals surface area contributed by atoms with Crippen molar-refractivity contribution >= 4 is 5.78 Å². The van der Waals surface area contributed by atoms with E-state index in [-0.39, 0.29) is 18.5 Å². The van der Waals surface area contributed by atoms with Gasteiger partial charge in [-0.05, 0) is 51.2 Å². The molecule has 2 aromatic rings. The predicted molar refractivity (Wildman–Crippen MR) is 132 cm³/mol. The molecule has 1 spiro atoms. The fraction of sp³-hybridized carbons (Fsp3) is 0.536. The predicted octanol–water partition coefficient (Wildman–Crippen LogP) is 4.58. The number of hydrogen-bond donors (Lipinski definition) is 2. The Kier molecular flexibility index (Phi) is 7.23. The zero-order valence-electron chi connectivity index (χ0n) is 21.2. The molecule has 0 amide bonds. The molecule has 1 saturated heterocycles. The van der Waals surface area contributed by atoms with Crippen LogP contribution in [0.2, 0.25) is 0 Å². The summed E-state index contributed by atoms with van der Waals surface area (Å²) in [6, 6.07) is 9.80. The first-order valence-corrected chi connectivity index (χ1v) is 12.3. The van der Waals surface area contributed by atoms with E-state index in [2.05, 4.69) is 5.32 Å². The zero-order valence-corrected chi connectivity index (χ0v) is 21.2. The minimum Gasteiger partial charge on any atom is -0.496 e. The third-order valence-corrected chi connectivity index (χ3v) is 7.22. The lowest BCUT2D eigenvalue weighted by atomic mass is 9.69. The Balaban J connectivity index is 1.84. The highest BCUT2D eigenvalue weighted by atomic mass is 19.1. The molecule has 2 aliphatic rings. The number of ether oxygens (including phenoxy) is 3. The molecule has 2 N–H and O–H groups in total. The number of halogens is 1. The molecule has 0 aliphatic carbocycles. The van der Waals surface area contributed by atoms with Crippen LogP contribution in [-0.4, -0.2) is 49.4 Å². The summed E-state index contributed by atoms with van der Waals surface area (Å²) < 4.78 is 32.9. The van der Waals surface area contributed by atoms with Gasteiger partial charge in [-0.25, -0.2) is 4.39 Å². The standard InChI is InChI=1S/C28H36FNO5/c1-17(2)34-26-20-15-19(29)7-9-22(20)35-28(10-12-30-13-11-28)24(26)25(32)18-6-8-21(23(14-18)33-5)27(3,4)16-31/h6-9,14-15,17,24,26,30-31H,10-13,16H2,1-5H3/t24?,26-/m0/s1. The number of rotatable bonds is 7. The van der Waals surface area contributed by atoms with Gasteiger partial charge in [0.25, 0.3) is 0 Å². The van der Waals surface area contributed by atoms with E-state index in [1.807, 2.05) is 33.8 Å². The summed E-state index contributed by atoms with van der Waals surface area (Å²) in [6.07, 6.45) is 0.431. The van der Waals surface area contributed by atoms with Crippen LogP contribution in [0, 0.1) is 11.7 Å². The van der Waals surface area contributed by atoms with Crippen molar-refractivity contribution in [3.8, 4) is 11.5 Å². The van der Waals surface area contributed by atoms with Crippen molar-refractivity contribution in [2.75, 3.05) is 26.8 Å². The highest BCUT2D eigenvalue weighted by molar-refractivity contribution is 6.00. The topological polar surface area (TPSA) is 77.0 Å². The number of carbonyl (C=O) groups excluding carboxylic acids is 1. The van der Waals surface area contributed by atoms with E-state index in [1.54, 1.807) is 25.3 Å². The maximum absolute atomic E-state index is 14.3. The largest absolute Gasteiger partial charge is 0.496 e. The van der Waals surface area contributed by atoms with Crippen molar-refractivity contribution in [2.45, 2.75) is 63.8 Å². The number of Topliss-reactive ketones (excluding diaryl/α,β-unsaturated/α-hetero) is 1. The van der Waals surface area contributed by atoms with Crippen LogP contribution < -0.4 is 14.8 Å². The molecular weight excluding hydrogens is 449 g/mol. The number of hydrogen-bond acceptors (Lipinski definition) is 6. The van der Waals surface area contributed by atoms with Gasteiger partial charge in [-0.3, -0.25) is 4.79 Å². The van der Waals surface area contributed by atoms with E-state index in [0.717, 1.165) is 5.56 Å². The van der Waals surface area contributed by atoms with Crippen LogP contribution in [0.5, 0.6) is 11.5 Å². The number of methoxy groups -OCH3 is 1. The minimum absolute atomic E-state index is 0.0596. The van der Waals surface area contributed by atoms with E-state index >= 15 is 0 Å². The van der Waals surface area contributed by atoms with Gasteiger partial charge in [0.15, 0.2) is 5.78 Å². The van der Waals surface area contributed by atoms with Gasteiger partial charge in [0.05, 0.1) is 25.7 Å². The third-order valence-electron chi connectivity index (χ3n) is 7.22. The molecule has 0 saturated carbocycles. The number of benzene rings is 2. The summed E-state index contributed by atoms with van der Waals surface area (Å²) in [5.74, 6) is -0.0735. The van der Waals surface area contributed by atoms with Gasteiger partial charge in [-0.2, -0.15) is 0 Å². The normalized spacial score (nSPS) is 21.5. The quantitative estimate of drug-likeness (QED) is 0.559. The Labute approximate surface area is 206 Å². The lowest BCUT2D eigenvalue weighted by Crippen LogP contribution is -2.58. The van der Waals surface area contributed by atoms with Crippen molar-refractivity contribution < 1.29 is 28.5 Å². The van der Waals surface area contributed by atoms with Crippen LogP contribution in [0.25, 0.3) is 0 Å². The molecule has 1 unspecified atom stereocenters. The van der Waals surface area contributed by atoms with E-state index in [9.17, 15) is 14.3 Å². The van der Waals surface area contributed by atoms with Crippen molar-refractivity contribution in [3.63, 3.8) is 0 Å². The Hall–Kier alpha value is -2.48. The van der Waals surface area contributed by atoms with Gasteiger partial charge in [0, 0.05) is 34.9 Å². The lowest BCUT2D eigenvalue weighted by molar-refractivity contribution is -0.114. The first-order valence-electron chi connectivity index (χ1n) is 12.3. The molecule has 4 rings (SSSR count). The molecule has 2 atom stereocenters. The molecule has 6 nitrogen and oxygen atoms in total. The van der Waals surface area contributed by atoms with Crippen LogP contribution in [0.4, 0.5) is 4.39 Å². The van der Waals surface area contributed by atoms with Crippen molar-refractivity contribution in [1.29, 1.82) is 0 Å². The van der Waals surface area contributed by atoms with Gasteiger partial charge >= 0.3 is 0 Å². The molecule has 2 heterocycles. The fourth-order valence-corrected chi connectivity index (χ4v) is 5.33. The summed E-state index contributed by atoms with van der Waals surface area (Å²) in [5.41, 5.74) is 0.548. The van der Waals surface area contributed by atoms with Gasteiger partial charge in [-0.1, -0.05) is 26.0 Å². The van der Waals surface area contributed by atoms with Crippen LogP contribution in [0.3, 0.4) is 0 Å².